The Hall–Kier alpha value is -3.71. The smallest absolute Gasteiger partial charge is 0.249 e. The van der Waals surface area contributed by atoms with E-state index in [0.29, 0.717) is 50.6 Å². The zero-order chi connectivity index (χ0) is 32.4. The van der Waals surface area contributed by atoms with Crippen molar-refractivity contribution in [1.82, 2.24) is 15.5 Å². The molecule has 44 heavy (non-hydrogen) atoms. The van der Waals surface area contributed by atoms with E-state index in [9.17, 15) is 34.5 Å². The minimum Gasteiger partial charge on any atom is -0.508 e. The van der Waals surface area contributed by atoms with Gasteiger partial charge in [-0.3, -0.25) is 19.4 Å². The molecule has 1 saturated heterocycles. The molecule has 13 nitrogen and oxygen atoms in total. The summed E-state index contributed by atoms with van der Waals surface area (Å²) in [4.78, 5) is 57.9. The van der Waals surface area contributed by atoms with Crippen LogP contribution >= 0.6 is 0 Å². The molecule has 1 aliphatic carbocycles. The van der Waals surface area contributed by atoms with E-state index in [-0.39, 0.29) is 48.8 Å². The zero-order valence-corrected chi connectivity index (χ0v) is 25.6. The number of nitrogens with one attached hydrogen (secondary N) is 2. The van der Waals surface area contributed by atoms with Gasteiger partial charge in [0.25, 0.3) is 0 Å². The Morgan fingerprint density at radius 3 is 2.45 bits per heavy atom. The molecule has 7 atom stereocenters. The summed E-state index contributed by atoms with van der Waals surface area (Å²) in [6, 6.07) is 3.41. The second kappa shape index (κ2) is 16.4. The molecule has 0 spiro atoms. The lowest BCUT2D eigenvalue weighted by Crippen LogP contribution is -2.58. The molecule has 3 amide bonds. The van der Waals surface area contributed by atoms with Gasteiger partial charge in [-0.25, -0.2) is 0 Å². The van der Waals surface area contributed by atoms with Crippen LogP contribution in [0, 0.1) is 11.8 Å². The van der Waals surface area contributed by atoms with Crippen molar-refractivity contribution in [2.75, 3.05) is 6.54 Å². The molecule has 2 fully saturated rings. The highest BCUT2D eigenvalue weighted by atomic mass is 16.3. The number of nitrogens with two attached hydrogens (primary N) is 2. The molecule has 0 bridgehead atoms. The predicted molar refractivity (Wildman–Crippen MR) is 164 cm³/mol. The number of carbonyl (C=O) groups is 4. The molecule has 1 aliphatic heterocycles. The van der Waals surface area contributed by atoms with Crippen LogP contribution in [0.4, 0.5) is 0 Å². The number of phenols is 1. The molecule has 1 aromatic rings. The molecule has 3 rings (SSSR count). The van der Waals surface area contributed by atoms with Gasteiger partial charge in [-0.1, -0.05) is 26.0 Å². The number of carbonyl (C=O) groups excluding carboxylic acids is 4. The fourth-order valence-corrected chi connectivity index (χ4v) is 6.28. The quantitative estimate of drug-likeness (QED) is 0.0613. The average molecular weight is 617 g/mol. The lowest BCUT2D eigenvalue weighted by atomic mass is 9.83. The summed E-state index contributed by atoms with van der Waals surface area (Å²) in [5.41, 5.74) is 11.4. The summed E-state index contributed by atoms with van der Waals surface area (Å²) in [7, 11) is 0. The molecule has 0 radical (unpaired) electrons. The Labute approximate surface area is 258 Å². The Morgan fingerprint density at radius 2 is 1.82 bits per heavy atom. The lowest BCUT2D eigenvalue weighted by Gasteiger charge is -2.38. The van der Waals surface area contributed by atoms with Crippen molar-refractivity contribution >= 4 is 30.0 Å². The van der Waals surface area contributed by atoms with Gasteiger partial charge in [-0.05, 0) is 74.5 Å². The second-order valence-electron chi connectivity index (χ2n) is 12.4. The summed E-state index contributed by atoms with van der Waals surface area (Å²) < 4.78 is 0. The number of likely N-dealkylation sites (tertiary alicyclic amines) is 1. The van der Waals surface area contributed by atoms with Crippen LogP contribution in [0.15, 0.2) is 29.3 Å². The van der Waals surface area contributed by atoms with Crippen LogP contribution in [0.2, 0.25) is 0 Å². The first kappa shape index (κ1) is 34.8. The van der Waals surface area contributed by atoms with E-state index >= 15 is 0 Å². The molecule has 0 aromatic heterocycles. The fourth-order valence-electron chi connectivity index (χ4n) is 6.28. The lowest BCUT2D eigenvalue weighted by molar-refractivity contribution is -0.146. The first-order valence-corrected chi connectivity index (χ1v) is 15.5. The number of rotatable bonds is 15. The van der Waals surface area contributed by atoms with Crippen LogP contribution in [0.3, 0.4) is 0 Å². The molecule has 1 heterocycles. The fraction of sp³-hybridized carbons (Fsp3) is 0.645. The van der Waals surface area contributed by atoms with E-state index in [2.05, 4.69) is 15.6 Å². The van der Waals surface area contributed by atoms with Crippen molar-refractivity contribution in [3.8, 4) is 5.75 Å². The maximum absolute atomic E-state index is 14.2. The number of fused-ring (bicyclic) bond motifs is 1. The minimum atomic E-state index is -1.44. The van der Waals surface area contributed by atoms with Crippen LogP contribution in [0.25, 0.3) is 0 Å². The van der Waals surface area contributed by atoms with Gasteiger partial charge in [-0.2, -0.15) is 0 Å². The first-order valence-electron chi connectivity index (χ1n) is 15.5. The van der Waals surface area contributed by atoms with Crippen molar-refractivity contribution in [2.24, 2.45) is 28.3 Å². The number of aliphatic imine (C=N–C) groups is 1. The number of guanidine groups is 1. The van der Waals surface area contributed by atoms with E-state index in [4.69, 9.17) is 11.5 Å². The number of hydrogen-bond acceptors (Lipinski definition) is 8. The number of aliphatic hydroxyl groups excluding tert-OH is 2. The van der Waals surface area contributed by atoms with Gasteiger partial charge in [0.05, 0.1) is 6.10 Å². The average Bonchev–Trinajstić information content (AvgIpc) is 3.34. The third-order valence-corrected chi connectivity index (χ3v) is 8.43. The number of hydrogen-bond donors (Lipinski definition) is 7. The van der Waals surface area contributed by atoms with Gasteiger partial charge in [0, 0.05) is 31.5 Å². The number of aliphatic hydroxyl groups is 2. The van der Waals surface area contributed by atoms with Crippen LogP contribution in [0.5, 0.6) is 5.75 Å². The molecule has 0 unspecified atom stereocenters. The number of phenolic OH excluding ortho intramolecular Hbond substituents is 1. The van der Waals surface area contributed by atoms with Gasteiger partial charge in [-0.15, -0.1) is 0 Å². The van der Waals surface area contributed by atoms with E-state index in [1.807, 2.05) is 13.8 Å². The number of benzene rings is 1. The van der Waals surface area contributed by atoms with E-state index in [1.165, 1.54) is 17.0 Å². The standard InChI is InChI=1S/C31H48N6O7/c1-18(2)14-24(36-29(43)27(41)15-19-5-8-22(39)9-6-19)30(44)37-25-17-23(40)10-7-20(25)16-26(37)28(42)35-21(11-13-38)4-3-12-34-31(32)33/h5-6,8-9,13,18,20-21,23-27,39-41H,3-4,7,10-12,14-17H2,1-2H3,(H,35,42)(H,36,43)(H4,32,33,34)/t20-,21-,23+,24+,25-,26-,27+/m0/s1. The van der Waals surface area contributed by atoms with Gasteiger partial charge in [0.1, 0.15) is 30.2 Å². The SMILES string of the molecule is CC(C)C[C@@H](NC(=O)[C@H](O)Cc1ccc(O)cc1)C(=O)N1[C@H](C(=O)N[C@H](CC=O)CCCN=C(N)N)C[C@@H]2CC[C@@H](O)C[C@@H]21. The Balaban J connectivity index is 1.79. The Kier molecular flexibility index (Phi) is 13.0. The molecule has 1 saturated carbocycles. The molecule has 244 valence electrons. The van der Waals surface area contributed by atoms with Crippen molar-refractivity contribution < 1.29 is 34.5 Å². The van der Waals surface area contributed by atoms with Crippen molar-refractivity contribution in [3.63, 3.8) is 0 Å². The predicted octanol–water partition coefficient (Wildman–Crippen LogP) is 0.0844. The minimum absolute atomic E-state index is 0.0000223. The van der Waals surface area contributed by atoms with Gasteiger partial charge in [0.2, 0.25) is 17.7 Å². The highest BCUT2D eigenvalue weighted by Crippen LogP contribution is 2.40. The number of nitrogens with zero attached hydrogens (tertiary/aromatic N) is 2. The zero-order valence-electron chi connectivity index (χ0n) is 25.6. The summed E-state index contributed by atoms with van der Waals surface area (Å²) in [5.74, 6) is -1.52. The van der Waals surface area contributed by atoms with Crippen LogP contribution < -0.4 is 22.1 Å². The summed E-state index contributed by atoms with van der Waals surface area (Å²) in [6.45, 7) is 4.17. The first-order chi connectivity index (χ1) is 20.9. The molecule has 1 aromatic carbocycles. The monoisotopic (exact) mass is 616 g/mol. The molecular weight excluding hydrogens is 568 g/mol. The number of aldehydes is 1. The van der Waals surface area contributed by atoms with Crippen molar-refractivity contribution in [2.45, 2.75) is 108 Å². The van der Waals surface area contributed by atoms with Crippen LogP contribution in [0.1, 0.15) is 70.8 Å². The molecular formula is C31H48N6O7. The molecule has 13 heteroatoms. The van der Waals surface area contributed by atoms with Gasteiger partial charge >= 0.3 is 0 Å². The summed E-state index contributed by atoms with van der Waals surface area (Å²) in [6.07, 6.45) is 1.99. The summed E-state index contributed by atoms with van der Waals surface area (Å²) >= 11 is 0. The van der Waals surface area contributed by atoms with Gasteiger partial charge < -0.3 is 47.1 Å². The third-order valence-electron chi connectivity index (χ3n) is 8.43. The number of aromatic hydroxyl groups is 1. The maximum atomic E-state index is 14.2. The van der Waals surface area contributed by atoms with Crippen molar-refractivity contribution in [1.29, 1.82) is 0 Å². The van der Waals surface area contributed by atoms with Crippen LogP contribution in [-0.4, -0.2) is 93.1 Å². The molecule has 2 aliphatic rings. The second-order valence-corrected chi connectivity index (χ2v) is 12.4. The van der Waals surface area contributed by atoms with Crippen LogP contribution in [-0.2, 0) is 25.6 Å². The topological polar surface area (TPSA) is 221 Å². The number of amides is 3. The highest BCUT2D eigenvalue weighted by molar-refractivity contribution is 5.94. The molecule has 9 N–H and O–H groups in total. The van der Waals surface area contributed by atoms with Gasteiger partial charge in [0.15, 0.2) is 5.96 Å². The maximum Gasteiger partial charge on any atom is 0.249 e. The highest BCUT2D eigenvalue weighted by Gasteiger charge is 2.50. The van der Waals surface area contributed by atoms with E-state index in [1.54, 1.807) is 12.1 Å². The van der Waals surface area contributed by atoms with Crippen molar-refractivity contribution in [3.05, 3.63) is 29.8 Å². The normalized spacial score (nSPS) is 23.2. The van der Waals surface area contributed by atoms with E-state index in [0.717, 1.165) is 6.29 Å². The Morgan fingerprint density at radius 1 is 1.11 bits per heavy atom. The largest absolute Gasteiger partial charge is 0.508 e. The Bertz CT molecular complexity index is 1160. The summed E-state index contributed by atoms with van der Waals surface area (Å²) in [5, 5.41) is 36.3. The van der Waals surface area contributed by atoms with E-state index < -0.39 is 48.1 Å². The third kappa shape index (κ3) is 9.91.